The van der Waals surface area contributed by atoms with E-state index in [1.807, 2.05) is 4.90 Å². The number of aromatic nitrogens is 3. The standard InChI is InChI=1S/C29H31ClF2N6O4S/c30-19-3-1-18(2-4-19)11-26-28(41)38(29(42)43-26)14-22(39)13-36-9-7-21(8-10-36)35-25(15-37-17-33-16-34-37)27(40)23-6-5-20(31)12-24(23)32/h1-6,11-12,16-17,21-22,25,27,35,39-40H,7-10,13-15H2/b26-11-. The molecule has 0 spiro atoms. The van der Waals surface area contributed by atoms with Gasteiger partial charge >= 0.3 is 0 Å². The van der Waals surface area contributed by atoms with E-state index in [4.69, 9.17) is 11.6 Å². The molecule has 43 heavy (non-hydrogen) atoms. The van der Waals surface area contributed by atoms with Crippen molar-refractivity contribution in [3.63, 3.8) is 0 Å². The second-order valence-electron chi connectivity index (χ2n) is 10.6. The first kappa shape index (κ1) is 31.2. The zero-order chi connectivity index (χ0) is 30.5. The van der Waals surface area contributed by atoms with Gasteiger partial charge < -0.3 is 20.4 Å². The molecule has 10 nitrogen and oxygen atoms in total. The van der Waals surface area contributed by atoms with E-state index in [-0.39, 0.29) is 36.1 Å². The number of halogens is 3. The summed E-state index contributed by atoms with van der Waals surface area (Å²) in [6, 6.07) is 9.33. The molecule has 2 saturated heterocycles. The molecule has 2 aliphatic rings. The number of hydrogen-bond donors (Lipinski definition) is 3. The summed E-state index contributed by atoms with van der Waals surface area (Å²) < 4.78 is 29.5. The zero-order valence-electron chi connectivity index (χ0n) is 23.0. The molecule has 14 heteroatoms. The minimum absolute atomic E-state index is 0.0186. The van der Waals surface area contributed by atoms with Crippen LogP contribution in [0.2, 0.25) is 5.02 Å². The van der Waals surface area contributed by atoms with Gasteiger partial charge in [0, 0.05) is 29.2 Å². The van der Waals surface area contributed by atoms with Crippen molar-refractivity contribution in [2.24, 2.45) is 0 Å². The van der Waals surface area contributed by atoms with E-state index < -0.39 is 41.0 Å². The Morgan fingerprint density at radius 1 is 1.07 bits per heavy atom. The molecule has 1 aromatic heterocycles. The van der Waals surface area contributed by atoms with Crippen molar-refractivity contribution in [2.75, 3.05) is 26.2 Å². The molecule has 2 amide bonds. The van der Waals surface area contributed by atoms with Crippen molar-refractivity contribution in [1.82, 2.24) is 29.9 Å². The van der Waals surface area contributed by atoms with Crippen LogP contribution >= 0.6 is 23.4 Å². The molecule has 228 valence electrons. The van der Waals surface area contributed by atoms with Crippen LogP contribution < -0.4 is 5.32 Å². The number of β-amino-alcohol motifs (C(OH)–C–C–N with tert-alkyl or cyclic N) is 1. The number of rotatable bonds is 11. The normalized spacial score (nSPS) is 19.7. The molecule has 3 unspecified atom stereocenters. The van der Waals surface area contributed by atoms with E-state index in [0.717, 1.165) is 34.4 Å². The molecule has 3 aromatic rings. The number of piperidine rings is 1. The summed E-state index contributed by atoms with van der Waals surface area (Å²) in [6.07, 6.45) is 3.63. The first-order valence-electron chi connectivity index (χ1n) is 13.8. The summed E-state index contributed by atoms with van der Waals surface area (Å²) in [7, 11) is 0. The Balaban J connectivity index is 1.14. The SMILES string of the molecule is O=C1S/C(=C\c2ccc(Cl)cc2)C(=O)N1CC(O)CN1CCC(NC(Cn2cncn2)C(O)c2ccc(F)cc2F)CC1. The van der Waals surface area contributed by atoms with Crippen molar-refractivity contribution in [3.05, 3.63) is 87.8 Å². The van der Waals surface area contributed by atoms with Gasteiger partial charge in [0.2, 0.25) is 0 Å². The molecule has 2 aliphatic heterocycles. The molecule has 2 aromatic carbocycles. The van der Waals surface area contributed by atoms with Crippen LogP contribution in [0, 0.1) is 11.6 Å². The number of nitrogens with one attached hydrogen (secondary N) is 1. The number of carbonyl (C=O) groups excluding carboxylic acids is 2. The molecular formula is C29H31ClF2N6O4S. The molecule has 3 atom stereocenters. The highest BCUT2D eigenvalue weighted by Crippen LogP contribution is 2.32. The molecule has 0 bridgehead atoms. The predicted molar refractivity (Wildman–Crippen MR) is 158 cm³/mol. The lowest BCUT2D eigenvalue weighted by Crippen LogP contribution is -2.51. The summed E-state index contributed by atoms with van der Waals surface area (Å²) in [6.45, 7) is 1.60. The highest BCUT2D eigenvalue weighted by atomic mass is 35.5. The van der Waals surface area contributed by atoms with Crippen molar-refractivity contribution in [3.8, 4) is 0 Å². The van der Waals surface area contributed by atoms with Crippen LogP contribution in [-0.2, 0) is 11.3 Å². The van der Waals surface area contributed by atoms with E-state index in [9.17, 15) is 28.6 Å². The van der Waals surface area contributed by atoms with Crippen molar-refractivity contribution < 1.29 is 28.6 Å². The number of nitrogens with zero attached hydrogens (tertiary/aromatic N) is 5. The van der Waals surface area contributed by atoms with E-state index >= 15 is 0 Å². The lowest BCUT2D eigenvalue weighted by molar-refractivity contribution is -0.123. The Morgan fingerprint density at radius 3 is 2.49 bits per heavy atom. The highest BCUT2D eigenvalue weighted by molar-refractivity contribution is 8.18. The average molecular weight is 633 g/mol. The largest absolute Gasteiger partial charge is 0.390 e. The van der Waals surface area contributed by atoms with Crippen LogP contribution in [0.15, 0.2) is 60.0 Å². The van der Waals surface area contributed by atoms with Gasteiger partial charge in [-0.2, -0.15) is 5.10 Å². The molecule has 0 saturated carbocycles. The van der Waals surface area contributed by atoms with E-state index in [0.29, 0.717) is 31.0 Å². The fourth-order valence-corrected chi connectivity index (χ4v) is 6.22. The van der Waals surface area contributed by atoms with Gasteiger partial charge in [-0.15, -0.1) is 0 Å². The third-order valence-electron chi connectivity index (χ3n) is 7.45. The van der Waals surface area contributed by atoms with Crippen molar-refractivity contribution in [1.29, 1.82) is 0 Å². The minimum atomic E-state index is -1.27. The first-order chi connectivity index (χ1) is 20.7. The monoisotopic (exact) mass is 632 g/mol. The fraction of sp³-hybridized carbons (Fsp3) is 0.379. The van der Waals surface area contributed by atoms with Gasteiger partial charge in [0.05, 0.1) is 36.2 Å². The van der Waals surface area contributed by atoms with Crippen LogP contribution in [0.1, 0.15) is 30.1 Å². The lowest BCUT2D eigenvalue weighted by Gasteiger charge is -2.36. The number of imide groups is 1. The maximum atomic E-state index is 14.5. The summed E-state index contributed by atoms with van der Waals surface area (Å²) >= 11 is 6.75. The Bertz CT molecular complexity index is 1450. The number of hydrogen-bond acceptors (Lipinski definition) is 9. The van der Waals surface area contributed by atoms with Crippen LogP contribution in [0.3, 0.4) is 0 Å². The van der Waals surface area contributed by atoms with Gasteiger partial charge in [0.15, 0.2) is 0 Å². The number of carbonyl (C=O) groups is 2. The maximum Gasteiger partial charge on any atom is 0.293 e. The Labute approximate surface area is 256 Å². The highest BCUT2D eigenvalue weighted by Gasteiger charge is 2.37. The molecule has 0 aliphatic carbocycles. The third-order valence-corrected chi connectivity index (χ3v) is 8.61. The van der Waals surface area contributed by atoms with Gasteiger partial charge in [-0.3, -0.25) is 19.2 Å². The fourth-order valence-electron chi connectivity index (χ4n) is 5.25. The average Bonchev–Trinajstić information content (AvgIpc) is 3.58. The topological polar surface area (TPSA) is 124 Å². The van der Waals surface area contributed by atoms with Crippen LogP contribution in [0.5, 0.6) is 0 Å². The van der Waals surface area contributed by atoms with Crippen LogP contribution in [0.4, 0.5) is 13.6 Å². The van der Waals surface area contributed by atoms with Gasteiger partial charge in [0.1, 0.15) is 24.3 Å². The molecule has 5 rings (SSSR count). The maximum absolute atomic E-state index is 14.5. The Kier molecular flexibility index (Phi) is 10.2. The van der Waals surface area contributed by atoms with Crippen molar-refractivity contribution >= 4 is 40.6 Å². The first-order valence-corrected chi connectivity index (χ1v) is 15.0. The van der Waals surface area contributed by atoms with Crippen LogP contribution in [0.25, 0.3) is 6.08 Å². The number of benzene rings is 2. The number of aliphatic hydroxyl groups is 2. The minimum Gasteiger partial charge on any atom is -0.390 e. The number of aliphatic hydroxyl groups excluding tert-OH is 2. The second kappa shape index (κ2) is 14.1. The van der Waals surface area contributed by atoms with Crippen molar-refractivity contribution in [2.45, 2.75) is 43.7 Å². The zero-order valence-corrected chi connectivity index (χ0v) is 24.6. The predicted octanol–water partition coefficient (Wildman–Crippen LogP) is 3.46. The summed E-state index contributed by atoms with van der Waals surface area (Å²) in [5, 5.41) is 29.4. The number of thioether (sulfide) groups is 1. The second-order valence-corrected chi connectivity index (χ2v) is 12.0. The van der Waals surface area contributed by atoms with Gasteiger partial charge in [-0.25, -0.2) is 13.8 Å². The quantitative estimate of drug-likeness (QED) is 0.273. The molecular weight excluding hydrogens is 602 g/mol. The summed E-state index contributed by atoms with van der Waals surface area (Å²) in [4.78, 5) is 32.7. The number of likely N-dealkylation sites (tertiary alicyclic amines) is 1. The molecule has 3 N–H and O–H groups in total. The van der Waals surface area contributed by atoms with E-state index in [1.54, 1.807) is 30.3 Å². The van der Waals surface area contributed by atoms with E-state index in [1.165, 1.54) is 23.4 Å². The molecule has 2 fully saturated rings. The van der Waals surface area contributed by atoms with Gasteiger partial charge in [-0.1, -0.05) is 29.8 Å². The summed E-state index contributed by atoms with van der Waals surface area (Å²) in [5.41, 5.74) is 0.723. The lowest BCUT2D eigenvalue weighted by atomic mass is 9.97. The van der Waals surface area contributed by atoms with E-state index in [2.05, 4.69) is 15.4 Å². The molecule has 0 radical (unpaired) electrons. The van der Waals surface area contributed by atoms with Crippen LogP contribution in [-0.4, -0.2) is 90.3 Å². The third kappa shape index (κ3) is 8.05. The summed E-state index contributed by atoms with van der Waals surface area (Å²) in [5.74, 6) is -2.00. The van der Waals surface area contributed by atoms with Gasteiger partial charge in [0.25, 0.3) is 11.1 Å². The smallest absolute Gasteiger partial charge is 0.293 e. The Hall–Kier alpha value is -3.20. The molecule has 3 heterocycles. The Morgan fingerprint density at radius 2 is 1.81 bits per heavy atom. The van der Waals surface area contributed by atoms with Gasteiger partial charge in [-0.05, 0) is 67.5 Å². The number of amides is 2.